The van der Waals surface area contributed by atoms with Crippen molar-refractivity contribution in [3.8, 4) is 11.7 Å². The van der Waals surface area contributed by atoms with E-state index < -0.39 is 0 Å². The third kappa shape index (κ3) is 6.64. The highest BCUT2D eigenvalue weighted by Gasteiger charge is 2.42. The van der Waals surface area contributed by atoms with Crippen LogP contribution in [0.4, 0.5) is 11.6 Å². The molecule has 43 heavy (non-hydrogen) atoms. The van der Waals surface area contributed by atoms with Gasteiger partial charge in [-0.3, -0.25) is 9.52 Å². The summed E-state index contributed by atoms with van der Waals surface area (Å²) in [5.74, 6) is 5.92. The van der Waals surface area contributed by atoms with E-state index in [2.05, 4.69) is 33.8 Å². The molecule has 2 aliphatic carbocycles. The second-order valence-corrected chi connectivity index (χ2v) is 14.3. The Labute approximate surface area is 258 Å². The number of ether oxygens (including phenoxy) is 1. The number of rotatable bonds is 7. The second-order valence-electron chi connectivity index (χ2n) is 13.4. The van der Waals surface area contributed by atoms with Crippen LogP contribution < -0.4 is 19.7 Å². The first kappa shape index (κ1) is 28.5. The number of carbonyl (C=O) groups excluding carboxylic acids is 1. The predicted octanol–water partition coefficient (Wildman–Crippen LogP) is 6.51. The van der Waals surface area contributed by atoms with Crippen LogP contribution in [0.5, 0.6) is 5.88 Å². The van der Waals surface area contributed by atoms with E-state index in [1.165, 1.54) is 37.6 Å². The molecule has 0 spiro atoms. The van der Waals surface area contributed by atoms with E-state index in [-0.39, 0.29) is 11.4 Å². The topological polar surface area (TPSA) is 97.2 Å². The predicted molar refractivity (Wildman–Crippen MR) is 170 cm³/mol. The molecule has 3 aromatic rings. The molecule has 1 amide bonds. The molecule has 1 unspecified atom stereocenters. The molecular weight excluding hydrogens is 558 g/mol. The van der Waals surface area contributed by atoms with Gasteiger partial charge in [0.05, 0.1) is 12.2 Å². The largest absolute Gasteiger partial charge is 0.477 e. The summed E-state index contributed by atoms with van der Waals surface area (Å²) in [6.45, 7) is 7.02. The molecule has 0 radical (unpaired) electrons. The van der Waals surface area contributed by atoms with Gasteiger partial charge in [0, 0.05) is 42.0 Å². The summed E-state index contributed by atoms with van der Waals surface area (Å²) >= 11 is 1.27. The molecule has 9 nitrogen and oxygen atoms in total. The van der Waals surface area contributed by atoms with Gasteiger partial charge in [-0.2, -0.15) is 0 Å². The van der Waals surface area contributed by atoms with Crippen LogP contribution in [-0.2, 0) is 0 Å². The summed E-state index contributed by atoms with van der Waals surface area (Å²) in [5, 5.41) is 8.14. The van der Waals surface area contributed by atoms with Gasteiger partial charge in [-0.1, -0.05) is 6.42 Å². The van der Waals surface area contributed by atoms with Crippen LogP contribution in [0.2, 0.25) is 0 Å². The van der Waals surface area contributed by atoms with Gasteiger partial charge in [0.2, 0.25) is 5.88 Å². The third-order valence-corrected chi connectivity index (χ3v) is 10.4. The Bertz CT molecular complexity index is 1420. The molecular formula is C33H43N7O2S. The number of hydrogen-bond acceptors (Lipinski definition) is 8. The normalized spacial score (nSPS) is 22.2. The summed E-state index contributed by atoms with van der Waals surface area (Å²) in [4.78, 5) is 26.4. The van der Waals surface area contributed by atoms with Crippen molar-refractivity contribution in [2.24, 2.45) is 23.7 Å². The van der Waals surface area contributed by atoms with Crippen molar-refractivity contribution >= 4 is 29.5 Å². The van der Waals surface area contributed by atoms with Gasteiger partial charge in [0.25, 0.3) is 5.91 Å². The number of fused-ring (bicyclic) bond motifs is 8. The van der Waals surface area contributed by atoms with Gasteiger partial charge in [-0.25, -0.2) is 14.6 Å². The lowest BCUT2D eigenvalue weighted by molar-refractivity contribution is 0.0984. The van der Waals surface area contributed by atoms with Crippen molar-refractivity contribution < 1.29 is 9.53 Å². The van der Waals surface area contributed by atoms with E-state index in [4.69, 9.17) is 14.8 Å². The number of anilines is 2. The first-order valence-electron chi connectivity index (χ1n) is 16.1. The zero-order valence-corrected chi connectivity index (χ0v) is 26.1. The monoisotopic (exact) mass is 601 g/mol. The molecule has 2 N–H and O–H groups in total. The molecule has 228 valence electrons. The molecule has 1 atom stereocenters. The number of nitrogens with one attached hydrogen (secondary N) is 2. The minimum Gasteiger partial charge on any atom is -0.477 e. The highest BCUT2D eigenvalue weighted by Crippen LogP contribution is 2.50. The maximum absolute atomic E-state index is 13.6. The summed E-state index contributed by atoms with van der Waals surface area (Å²) < 4.78 is 10.9. The maximum Gasteiger partial charge on any atom is 0.265 e. The number of hydrogen-bond donors (Lipinski definition) is 2. The lowest BCUT2D eigenvalue weighted by Gasteiger charge is -2.34. The Hall–Kier alpha value is -3.27. The van der Waals surface area contributed by atoms with Crippen LogP contribution in [0.3, 0.4) is 0 Å². The molecule has 8 rings (SSSR count). The minimum absolute atomic E-state index is 0.126. The van der Waals surface area contributed by atoms with Crippen molar-refractivity contribution in [2.75, 3.05) is 29.9 Å². The lowest BCUT2D eigenvalue weighted by atomic mass is 9.93. The Kier molecular flexibility index (Phi) is 7.97. The summed E-state index contributed by atoms with van der Waals surface area (Å²) in [5.41, 5.74) is 0.439. The van der Waals surface area contributed by atoms with E-state index in [0.29, 0.717) is 35.6 Å². The van der Waals surface area contributed by atoms with E-state index >= 15 is 0 Å². The minimum atomic E-state index is -0.171. The van der Waals surface area contributed by atoms with Crippen molar-refractivity contribution in [1.29, 1.82) is 0 Å². The van der Waals surface area contributed by atoms with E-state index in [1.807, 2.05) is 36.5 Å². The Morgan fingerprint density at radius 2 is 1.91 bits per heavy atom. The van der Waals surface area contributed by atoms with Gasteiger partial charge in [0.1, 0.15) is 11.6 Å². The first-order chi connectivity index (χ1) is 20.9. The van der Waals surface area contributed by atoms with Crippen molar-refractivity contribution in [2.45, 2.75) is 82.1 Å². The molecule has 2 saturated carbocycles. The van der Waals surface area contributed by atoms with E-state index in [1.54, 1.807) is 10.9 Å². The van der Waals surface area contributed by atoms with Crippen molar-refractivity contribution in [3.63, 3.8) is 0 Å². The molecule has 6 heterocycles. The van der Waals surface area contributed by atoms with Crippen LogP contribution in [-0.4, -0.2) is 50.9 Å². The average molecular weight is 602 g/mol. The SMILES string of the molecule is CC1(C)CC2CCCCNc3ccc(cn3)SNC(=O)c3ccc(-n4ccc(OCCC(C5CC5)C5CC5)n4)nc3N1C2. The van der Waals surface area contributed by atoms with Gasteiger partial charge in [-0.15, -0.1) is 5.10 Å². The number of nitrogens with zero attached hydrogens (tertiary/aromatic N) is 5. The summed E-state index contributed by atoms with van der Waals surface area (Å²) in [6.07, 6.45) is 14.8. The fourth-order valence-electron chi connectivity index (χ4n) is 7.10. The number of amides is 1. The van der Waals surface area contributed by atoms with Crippen LogP contribution in [0.1, 0.15) is 82.0 Å². The molecule has 3 aliphatic heterocycles. The lowest BCUT2D eigenvalue weighted by Crippen LogP contribution is -2.40. The average Bonchev–Trinajstić information content (AvgIpc) is 3.94. The molecule has 3 fully saturated rings. The van der Waals surface area contributed by atoms with Crippen molar-refractivity contribution in [1.82, 2.24) is 24.5 Å². The quantitative estimate of drug-likeness (QED) is 0.296. The molecule has 0 aromatic carbocycles. The van der Waals surface area contributed by atoms with Gasteiger partial charge >= 0.3 is 0 Å². The first-order valence-corrected chi connectivity index (χ1v) is 16.9. The van der Waals surface area contributed by atoms with Crippen LogP contribution in [0.25, 0.3) is 5.82 Å². The second kappa shape index (κ2) is 12.0. The Morgan fingerprint density at radius 1 is 1.07 bits per heavy atom. The molecule has 10 heteroatoms. The number of carbonyl (C=O) groups is 1. The maximum atomic E-state index is 13.6. The van der Waals surface area contributed by atoms with Crippen LogP contribution in [0, 0.1) is 23.7 Å². The van der Waals surface area contributed by atoms with E-state index in [0.717, 1.165) is 73.7 Å². The van der Waals surface area contributed by atoms with E-state index in [9.17, 15) is 4.79 Å². The zero-order valence-electron chi connectivity index (χ0n) is 25.3. The number of aromatic nitrogens is 4. The zero-order chi connectivity index (χ0) is 29.4. The highest BCUT2D eigenvalue weighted by atomic mass is 32.2. The van der Waals surface area contributed by atoms with Gasteiger partial charge < -0.3 is 15.0 Å². The smallest absolute Gasteiger partial charge is 0.265 e. The molecule has 4 bridgehead atoms. The van der Waals surface area contributed by atoms with Gasteiger partial charge in [0.15, 0.2) is 5.82 Å². The van der Waals surface area contributed by atoms with Crippen LogP contribution >= 0.6 is 11.9 Å². The van der Waals surface area contributed by atoms with Crippen LogP contribution in [0.15, 0.2) is 47.6 Å². The number of pyridine rings is 2. The summed E-state index contributed by atoms with van der Waals surface area (Å²) in [7, 11) is 0. The summed E-state index contributed by atoms with van der Waals surface area (Å²) in [6, 6.07) is 9.61. The molecule has 1 saturated heterocycles. The molecule has 3 aromatic heterocycles. The Balaban J connectivity index is 1.12. The Morgan fingerprint density at radius 3 is 2.67 bits per heavy atom. The highest BCUT2D eigenvalue weighted by molar-refractivity contribution is 7.98. The standard InChI is InChI=1S/C33H43N7O2S/c1-33(2)19-22-5-3-4-16-34-28-12-10-25(20-35-28)43-38-32(41)27-11-13-29(36-31(27)39(33)21-22)40-17-14-30(37-40)42-18-15-26(23-6-7-23)24-8-9-24/h10-14,17,20,22-24,26H,3-9,15-16,18-19,21H2,1-2H3,(H,34,35)(H,38,41). The van der Waals surface area contributed by atoms with Crippen molar-refractivity contribution in [3.05, 3.63) is 48.3 Å². The fraction of sp³-hybridized carbons (Fsp3) is 0.576. The van der Waals surface area contributed by atoms with Gasteiger partial charge in [-0.05, 0) is 125 Å². The third-order valence-electron chi connectivity index (χ3n) is 9.62. The molecule has 5 aliphatic rings. The fourth-order valence-corrected chi connectivity index (χ4v) is 7.66.